The lowest BCUT2D eigenvalue weighted by Gasteiger charge is -2.10. The highest BCUT2D eigenvalue weighted by atomic mass is 35.5. The van der Waals surface area contributed by atoms with Crippen LogP contribution < -0.4 is 20.9 Å². The van der Waals surface area contributed by atoms with Crippen LogP contribution in [0.15, 0.2) is 48.5 Å². The van der Waals surface area contributed by atoms with Crippen LogP contribution >= 0.6 is 11.6 Å². The Kier molecular flexibility index (Phi) is 6.99. The Morgan fingerprint density at radius 1 is 0.962 bits per heavy atom. The summed E-state index contributed by atoms with van der Waals surface area (Å²) < 4.78 is 5.26. The van der Waals surface area contributed by atoms with Gasteiger partial charge < -0.3 is 10.1 Å². The van der Waals surface area contributed by atoms with Gasteiger partial charge in [-0.25, -0.2) is 0 Å². The molecule has 0 aromatic heterocycles. The zero-order valence-electron chi connectivity index (χ0n) is 14.0. The molecule has 2 aromatic rings. The van der Waals surface area contributed by atoms with Crippen molar-refractivity contribution < 1.29 is 19.1 Å². The van der Waals surface area contributed by atoms with E-state index >= 15 is 0 Å². The molecule has 0 radical (unpaired) electrons. The van der Waals surface area contributed by atoms with Crippen LogP contribution in [0.5, 0.6) is 5.75 Å². The van der Waals surface area contributed by atoms with Crippen LogP contribution in [0, 0.1) is 0 Å². The molecule has 8 heteroatoms. The van der Waals surface area contributed by atoms with Gasteiger partial charge in [-0.2, -0.15) is 0 Å². The minimum absolute atomic E-state index is 0.118. The van der Waals surface area contributed by atoms with Gasteiger partial charge in [-0.05, 0) is 36.4 Å². The molecule has 3 N–H and O–H groups in total. The minimum atomic E-state index is -0.537. The zero-order chi connectivity index (χ0) is 18.9. The SMILES string of the molecule is CCC(=O)Nc1ccc(C(=O)NNC(=O)COc2ccccc2Cl)cc1. The van der Waals surface area contributed by atoms with Crippen molar-refractivity contribution in [2.24, 2.45) is 0 Å². The molecule has 3 amide bonds. The van der Waals surface area contributed by atoms with E-state index in [4.69, 9.17) is 16.3 Å². The molecule has 0 spiro atoms. The number of hydrazine groups is 1. The van der Waals surface area contributed by atoms with Crippen molar-refractivity contribution in [3.05, 3.63) is 59.1 Å². The predicted octanol–water partition coefficient (Wildman–Crippen LogP) is 2.53. The van der Waals surface area contributed by atoms with E-state index in [1.165, 1.54) is 12.1 Å². The van der Waals surface area contributed by atoms with Gasteiger partial charge in [-0.1, -0.05) is 30.7 Å². The summed E-state index contributed by atoms with van der Waals surface area (Å²) in [5.74, 6) is -0.775. The average Bonchev–Trinajstić information content (AvgIpc) is 2.66. The number of hydrogen-bond donors (Lipinski definition) is 3. The predicted molar refractivity (Wildman–Crippen MR) is 97.9 cm³/mol. The van der Waals surface area contributed by atoms with Crippen LogP contribution in [0.25, 0.3) is 0 Å². The molecule has 2 rings (SSSR count). The number of ether oxygens (including phenoxy) is 1. The number of para-hydroxylation sites is 1. The standard InChI is InChI=1S/C18H18ClN3O4/c1-2-16(23)20-13-9-7-12(8-10-13)18(25)22-21-17(24)11-26-15-6-4-3-5-14(15)19/h3-10H,2,11H2,1H3,(H,20,23)(H,21,24)(H,22,25). The van der Waals surface area contributed by atoms with Gasteiger partial charge in [0, 0.05) is 17.7 Å². The van der Waals surface area contributed by atoms with Crippen LogP contribution in [-0.4, -0.2) is 24.3 Å². The monoisotopic (exact) mass is 375 g/mol. The van der Waals surface area contributed by atoms with Crippen molar-refractivity contribution >= 4 is 35.0 Å². The largest absolute Gasteiger partial charge is 0.482 e. The lowest BCUT2D eigenvalue weighted by Crippen LogP contribution is -2.43. The summed E-state index contributed by atoms with van der Waals surface area (Å²) in [5.41, 5.74) is 5.45. The first kappa shape index (κ1) is 19.3. The Hall–Kier alpha value is -3.06. The van der Waals surface area contributed by atoms with Gasteiger partial charge in [0.05, 0.1) is 5.02 Å². The van der Waals surface area contributed by atoms with Gasteiger partial charge in [0.25, 0.3) is 11.8 Å². The normalized spacial score (nSPS) is 9.92. The summed E-state index contributed by atoms with van der Waals surface area (Å²) >= 11 is 5.92. The summed E-state index contributed by atoms with van der Waals surface area (Å²) in [6, 6.07) is 13.0. The van der Waals surface area contributed by atoms with Crippen LogP contribution in [0.4, 0.5) is 5.69 Å². The van der Waals surface area contributed by atoms with Gasteiger partial charge in [0.2, 0.25) is 5.91 Å². The maximum absolute atomic E-state index is 12.0. The molecule has 2 aromatic carbocycles. The zero-order valence-corrected chi connectivity index (χ0v) is 14.8. The molecule has 0 aliphatic carbocycles. The summed E-state index contributed by atoms with van der Waals surface area (Å²) in [6.45, 7) is 1.45. The number of amides is 3. The molecule has 0 bridgehead atoms. The van der Waals surface area contributed by atoms with E-state index in [1.54, 1.807) is 43.3 Å². The Labute approximate surface area is 155 Å². The molecular weight excluding hydrogens is 358 g/mol. The number of rotatable bonds is 6. The summed E-state index contributed by atoms with van der Waals surface area (Å²) in [4.78, 5) is 35.0. The lowest BCUT2D eigenvalue weighted by molar-refractivity contribution is -0.123. The van der Waals surface area contributed by atoms with E-state index in [2.05, 4.69) is 16.2 Å². The van der Waals surface area contributed by atoms with Crippen molar-refractivity contribution in [1.29, 1.82) is 0 Å². The molecule has 0 aliphatic heterocycles. The highest BCUT2D eigenvalue weighted by molar-refractivity contribution is 6.32. The van der Waals surface area contributed by atoms with Crippen LogP contribution in [0.2, 0.25) is 5.02 Å². The first-order valence-corrected chi connectivity index (χ1v) is 8.24. The molecule has 0 aliphatic rings. The van der Waals surface area contributed by atoms with E-state index in [0.29, 0.717) is 28.4 Å². The van der Waals surface area contributed by atoms with Gasteiger partial charge in [-0.15, -0.1) is 0 Å². The van der Waals surface area contributed by atoms with Crippen molar-refractivity contribution in [2.75, 3.05) is 11.9 Å². The smallest absolute Gasteiger partial charge is 0.276 e. The van der Waals surface area contributed by atoms with Crippen LogP contribution in [0.3, 0.4) is 0 Å². The number of hydrogen-bond acceptors (Lipinski definition) is 4. The molecule has 0 unspecified atom stereocenters. The van der Waals surface area contributed by atoms with E-state index in [9.17, 15) is 14.4 Å². The van der Waals surface area contributed by atoms with E-state index in [0.717, 1.165) is 0 Å². The van der Waals surface area contributed by atoms with Crippen molar-refractivity contribution in [2.45, 2.75) is 13.3 Å². The summed E-state index contributed by atoms with van der Waals surface area (Å²) in [6.07, 6.45) is 0.366. The van der Waals surface area contributed by atoms with Gasteiger partial charge in [0.1, 0.15) is 5.75 Å². The number of carbonyl (C=O) groups is 3. The fraction of sp³-hybridized carbons (Fsp3) is 0.167. The second-order valence-electron chi connectivity index (χ2n) is 5.20. The Balaban J connectivity index is 1.79. The Morgan fingerprint density at radius 3 is 2.31 bits per heavy atom. The molecule has 0 fully saturated rings. The summed E-state index contributed by atoms with van der Waals surface area (Å²) in [7, 11) is 0. The maximum Gasteiger partial charge on any atom is 0.276 e. The highest BCUT2D eigenvalue weighted by Gasteiger charge is 2.09. The molecular formula is C18H18ClN3O4. The van der Waals surface area contributed by atoms with Gasteiger partial charge >= 0.3 is 0 Å². The molecule has 0 atom stereocenters. The van der Waals surface area contributed by atoms with Crippen molar-refractivity contribution in [3.63, 3.8) is 0 Å². The number of halogens is 1. The third-order valence-electron chi connectivity index (χ3n) is 3.26. The molecule has 26 heavy (non-hydrogen) atoms. The molecule has 0 heterocycles. The number of carbonyl (C=O) groups excluding carboxylic acids is 3. The second kappa shape index (κ2) is 9.43. The van der Waals surface area contributed by atoms with E-state index in [-0.39, 0.29) is 12.5 Å². The number of anilines is 1. The first-order chi connectivity index (χ1) is 12.5. The van der Waals surface area contributed by atoms with Crippen LogP contribution in [-0.2, 0) is 9.59 Å². The number of nitrogens with one attached hydrogen (secondary N) is 3. The molecule has 0 saturated heterocycles. The minimum Gasteiger partial charge on any atom is -0.482 e. The highest BCUT2D eigenvalue weighted by Crippen LogP contribution is 2.22. The summed E-state index contributed by atoms with van der Waals surface area (Å²) in [5, 5.41) is 3.07. The average molecular weight is 376 g/mol. The van der Waals surface area contributed by atoms with Crippen molar-refractivity contribution in [3.8, 4) is 5.75 Å². The van der Waals surface area contributed by atoms with Crippen molar-refractivity contribution in [1.82, 2.24) is 10.9 Å². The topological polar surface area (TPSA) is 96.5 Å². The fourth-order valence-electron chi connectivity index (χ4n) is 1.89. The fourth-order valence-corrected chi connectivity index (χ4v) is 2.08. The quantitative estimate of drug-likeness (QED) is 0.676. The Morgan fingerprint density at radius 2 is 1.65 bits per heavy atom. The van der Waals surface area contributed by atoms with E-state index in [1.807, 2.05) is 0 Å². The molecule has 0 saturated carbocycles. The van der Waals surface area contributed by atoms with Gasteiger partial charge in [0.15, 0.2) is 6.61 Å². The lowest BCUT2D eigenvalue weighted by atomic mass is 10.2. The Bertz CT molecular complexity index is 793. The second-order valence-corrected chi connectivity index (χ2v) is 5.61. The van der Waals surface area contributed by atoms with Gasteiger partial charge in [-0.3, -0.25) is 25.2 Å². The third-order valence-corrected chi connectivity index (χ3v) is 3.58. The van der Waals surface area contributed by atoms with Crippen LogP contribution in [0.1, 0.15) is 23.7 Å². The number of benzene rings is 2. The first-order valence-electron chi connectivity index (χ1n) is 7.86. The molecule has 7 nitrogen and oxygen atoms in total. The maximum atomic E-state index is 12.0. The third kappa shape index (κ3) is 5.78. The van der Waals surface area contributed by atoms with E-state index < -0.39 is 11.8 Å². The molecule has 136 valence electrons.